The Morgan fingerprint density at radius 1 is 1.38 bits per heavy atom. The van der Waals surface area contributed by atoms with Crippen LogP contribution in [0.1, 0.15) is 49.8 Å². The molecule has 1 aromatic carbocycles. The average molecular weight is 342 g/mol. The summed E-state index contributed by atoms with van der Waals surface area (Å²) in [6.07, 6.45) is -2.56. The molecule has 0 fully saturated rings. The van der Waals surface area contributed by atoms with Crippen molar-refractivity contribution in [2.75, 3.05) is 11.9 Å². The van der Waals surface area contributed by atoms with Gasteiger partial charge in [-0.2, -0.15) is 13.2 Å². The number of fused-ring (bicyclic) bond motifs is 2. The highest BCUT2D eigenvalue weighted by molar-refractivity contribution is 5.97. The number of carbonyl (C=O) groups excluding carboxylic acids is 1. The highest BCUT2D eigenvalue weighted by atomic mass is 19.4. The minimum absolute atomic E-state index is 0.0172. The predicted octanol–water partition coefficient (Wildman–Crippen LogP) is 3.72. The number of benzene rings is 1. The van der Waals surface area contributed by atoms with Gasteiger partial charge in [0.05, 0.1) is 5.69 Å². The van der Waals surface area contributed by atoms with Gasteiger partial charge in [0.1, 0.15) is 5.75 Å². The lowest BCUT2D eigenvalue weighted by Crippen LogP contribution is -2.35. The maximum Gasteiger partial charge on any atom is 0.389 e. The Hall–Kier alpha value is -1.76. The molecule has 2 aliphatic rings. The second kappa shape index (κ2) is 6.63. The SMILES string of the molecule is C[C@@H]1Oc2cc3c(cc2NC1=O)[C@@H](NCCCC(F)(F)F)CCC3. The van der Waals surface area contributed by atoms with Crippen LogP contribution in [0.25, 0.3) is 0 Å². The number of ether oxygens (including phenoxy) is 1. The summed E-state index contributed by atoms with van der Waals surface area (Å²) in [5.74, 6) is 0.478. The van der Waals surface area contributed by atoms with Crippen molar-refractivity contribution in [2.24, 2.45) is 0 Å². The number of aryl methyl sites for hydroxylation is 1. The largest absolute Gasteiger partial charge is 0.479 e. The van der Waals surface area contributed by atoms with Crippen molar-refractivity contribution in [1.29, 1.82) is 0 Å². The van der Waals surface area contributed by atoms with E-state index in [2.05, 4.69) is 10.6 Å². The van der Waals surface area contributed by atoms with Crippen molar-refractivity contribution < 1.29 is 22.7 Å². The quantitative estimate of drug-likeness (QED) is 0.820. The number of anilines is 1. The maximum atomic E-state index is 12.2. The van der Waals surface area contributed by atoms with Crippen molar-refractivity contribution in [2.45, 2.75) is 57.3 Å². The summed E-state index contributed by atoms with van der Waals surface area (Å²) >= 11 is 0. The molecule has 0 aromatic heterocycles. The Morgan fingerprint density at radius 2 is 2.17 bits per heavy atom. The Kier molecular flexibility index (Phi) is 4.71. The molecule has 1 amide bonds. The lowest BCUT2D eigenvalue weighted by atomic mass is 9.86. The molecule has 1 aliphatic heterocycles. The molecule has 0 saturated carbocycles. The van der Waals surface area contributed by atoms with Crippen LogP contribution in [0.3, 0.4) is 0 Å². The first kappa shape index (κ1) is 17.1. The fourth-order valence-corrected chi connectivity index (χ4v) is 3.28. The van der Waals surface area contributed by atoms with E-state index in [4.69, 9.17) is 4.74 Å². The van der Waals surface area contributed by atoms with Gasteiger partial charge in [0, 0.05) is 12.5 Å². The Bertz CT molecular complexity index is 631. The zero-order valence-corrected chi connectivity index (χ0v) is 13.5. The van der Waals surface area contributed by atoms with Crippen LogP contribution in [0, 0.1) is 0 Å². The second-order valence-corrected chi connectivity index (χ2v) is 6.41. The molecule has 24 heavy (non-hydrogen) atoms. The van der Waals surface area contributed by atoms with E-state index in [-0.39, 0.29) is 18.4 Å². The third kappa shape index (κ3) is 3.83. The molecule has 1 heterocycles. The number of alkyl halides is 3. The zero-order valence-electron chi connectivity index (χ0n) is 13.5. The van der Waals surface area contributed by atoms with Crippen LogP contribution in [0.15, 0.2) is 12.1 Å². The Balaban J connectivity index is 1.71. The summed E-state index contributed by atoms with van der Waals surface area (Å²) in [6.45, 7) is 2.02. The van der Waals surface area contributed by atoms with Gasteiger partial charge in [-0.05, 0) is 62.4 Å². The van der Waals surface area contributed by atoms with Crippen molar-refractivity contribution in [3.8, 4) is 5.75 Å². The van der Waals surface area contributed by atoms with Crippen molar-refractivity contribution >= 4 is 11.6 Å². The zero-order chi connectivity index (χ0) is 17.3. The normalized spacial score (nSPS) is 23.1. The molecule has 2 N–H and O–H groups in total. The fraction of sp³-hybridized carbons (Fsp3) is 0.588. The first-order valence-corrected chi connectivity index (χ1v) is 8.28. The summed E-state index contributed by atoms with van der Waals surface area (Å²) in [6, 6.07) is 3.86. The van der Waals surface area contributed by atoms with Gasteiger partial charge >= 0.3 is 6.18 Å². The number of hydrogen-bond donors (Lipinski definition) is 2. The van der Waals surface area contributed by atoms with Crippen LogP contribution in [0.5, 0.6) is 5.75 Å². The molecular formula is C17H21F3N2O2. The van der Waals surface area contributed by atoms with Gasteiger partial charge in [0.2, 0.25) is 0 Å². The van der Waals surface area contributed by atoms with Crippen LogP contribution >= 0.6 is 0 Å². The Morgan fingerprint density at radius 3 is 2.92 bits per heavy atom. The van der Waals surface area contributed by atoms with E-state index >= 15 is 0 Å². The highest BCUT2D eigenvalue weighted by Crippen LogP contribution is 2.39. The van der Waals surface area contributed by atoms with Crippen LogP contribution in [0.4, 0.5) is 18.9 Å². The van der Waals surface area contributed by atoms with Gasteiger partial charge in [0.15, 0.2) is 6.10 Å². The molecule has 0 saturated heterocycles. The van der Waals surface area contributed by atoms with Gasteiger partial charge in [-0.25, -0.2) is 0 Å². The Labute approximate surface area is 138 Å². The van der Waals surface area contributed by atoms with Gasteiger partial charge in [-0.3, -0.25) is 4.79 Å². The first-order valence-electron chi connectivity index (χ1n) is 8.28. The molecule has 0 radical (unpaired) electrons. The number of amides is 1. The number of nitrogens with one attached hydrogen (secondary N) is 2. The standard InChI is InChI=1S/C17H21F3N2O2/c1-10-16(23)22-14-9-12-11(8-15(14)24-10)4-2-5-13(12)21-7-3-6-17(18,19)20/h8-10,13,21H,2-7H2,1H3,(H,22,23)/t10-,13-/m0/s1. The molecular weight excluding hydrogens is 321 g/mol. The first-order chi connectivity index (χ1) is 11.3. The molecule has 2 atom stereocenters. The molecule has 0 bridgehead atoms. The maximum absolute atomic E-state index is 12.2. The lowest BCUT2D eigenvalue weighted by Gasteiger charge is -2.30. The van der Waals surface area contributed by atoms with Gasteiger partial charge < -0.3 is 15.4 Å². The molecule has 0 spiro atoms. The van der Waals surface area contributed by atoms with Crippen LogP contribution < -0.4 is 15.4 Å². The topological polar surface area (TPSA) is 50.4 Å². The van der Waals surface area contributed by atoms with E-state index in [1.807, 2.05) is 12.1 Å². The van der Waals surface area contributed by atoms with E-state index < -0.39 is 18.7 Å². The van der Waals surface area contributed by atoms with Gasteiger partial charge in [-0.15, -0.1) is 0 Å². The van der Waals surface area contributed by atoms with E-state index in [1.165, 1.54) is 0 Å². The molecule has 4 nitrogen and oxygen atoms in total. The summed E-state index contributed by atoms with van der Waals surface area (Å²) in [4.78, 5) is 11.8. The molecule has 3 rings (SSSR count). The van der Waals surface area contributed by atoms with Gasteiger partial charge in [0.25, 0.3) is 5.91 Å². The number of halogens is 3. The molecule has 0 unspecified atom stereocenters. The predicted molar refractivity (Wildman–Crippen MR) is 84.1 cm³/mol. The molecule has 7 heteroatoms. The van der Waals surface area contributed by atoms with E-state index in [0.717, 1.165) is 30.4 Å². The number of rotatable bonds is 4. The summed E-state index contributed by atoms with van der Waals surface area (Å²) in [5.41, 5.74) is 2.82. The summed E-state index contributed by atoms with van der Waals surface area (Å²) < 4.78 is 42.3. The lowest BCUT2D eigenvalue weighted by molar-refractivity contribution is -0.135. The minimum Gasteiger partial charge on any atom is -0.479 e. The van der Waals surface area contributed by atoms with Crippen LogP contribution in [0.2, 0.25) is 0 Å². The summed E-state index contributed by atoms with van der Waals surface area (Å²) in [5, 5.41) is 6.05. The molecule has 132 valence electrons. The monoisotopic (exact) mass is 342 g/mol. The van der Waals surface area contributed by atoms with Crippen LogP contribution in [-0.2, 0) is 11.2 Å². The molecule has 1 aromatic rings. The number of carbonyl (C=O) groups is 1. The number of hydrogen-bond acceptors (Lipinski definition) is 3. The molecule has 1 aliphatic carbocycles. The minimum atomic E-state index is -4.11. The average Bonchev–Trinajstić information content (AvgIpc) is 2.50. The third-order valence-corrected chi connectivity index (χ3v) is 4.51. The van der Waals surface area contributed by atoms with Crippen molar-refractivity contribution in [1.82, 2.24) is 5.32 Å². The third-order valence-electron chi connectivity index (χ3n) is 4.51. The van der Waals surface area contributed by atoms with Crippen LogP contribution in [-0.4, -0.2) is 24.7 Å². The van der Waals surface area contributed by atoms with E-state index in [1.54, 1.807) is 6.92 Å². The summed E-state index contributed by atoms with van der Waals surface area (Å²) in [7, 11) is 0. The smallest absolute Gasteiger partial charge is 0.389 e. The second-order valence-electron chi connectivity index (χ2n) is 6.41. The fourth-order valence-electron chi connectivity index (χ4n) is 3.28. The van der Waals surface area contributed by atoms with E-state index in [9.17, 15) is 18.0 Å². The van der Waals surface area contributed by atoms with Gasteiger partial charge in [-0.1, -0.05) is 0 Å². The van der Waals surface area contributed by atoms with Crippen molar-refractivity contribution in [3.63, 3.8) is 0 Å². The highest BCUT2D eigenvalue weighted by Gasteiger charge is 2.29. The van der Waals surface area contributed by atoms with Crippen molar-refractivity contribution in [3.05, 3.63) is 23.3 Å². The van der Waals surface area contributed by atoms with E-state index in [0.29, 0.717) is 18.0 Å².